The molecule has 18 unspecified atom stereocenters. The average Bonchev–Trinajstić information content (AvgIpc) is 0.785. The molecule has 708 valence electrons. The van der Waals surface area contributed by atoms with Crippen LogP contribution in [0.1, 0.15) is 265 Å². The van der Waals surface area contributed by atoms with E-state index in [9.17, 15) is 70.2 Å². The van der Waals surface area contributed by atoms with Crippen molar-refractivity contribution in [3.63, 3.8) is 0 Å². The molecule has 9 saturated carbocycles. The summed E-state index contributed by atoms with van der Waals surface area (Å²) in [5.41, 5.74) is 0. The van der Waals surface area contributed by atoms with Crippen molar-refractivity contribution in [1.29, 1.82) is 0 Å². The molecule has 3 heterocycles. The Morgan fingerprint density at radius 3 is 0.746 bits per heavy atom. The normalized spacial score (nSPS) is 43.1. The second kappa shape index (κ2) is 51.7. The van der Waals surface area contributed by atoms with E-state index in [0.29, 0.717) is 35.5 Å². The predicted octanol–water partition coefficient (Wildman–Crippen LogP) is 16.9. The number of rotatable bonds is 22. The Morgan fingerprint density at radius 2 is 0.508 bits per heavy atom. The smallest absolute Gasteiger partial charge is 0.364 e. The molecule has 0 bridgehead atoms. The van der Waals surface area contributed by atoms with Crippen LogP contribution >= 0.6 is 0 Å². The standard InChI is InChI=1S/C30H48F6O2.C27H41F7O2.C26H39F7O2.9H2O/c1-3-4-5-6-19-7-12-28(37-17-19)21-10-8-20(9-11-21)22-13-26(33)29(27(34)14-22)30(35,36)38-23-15-24(31)18(2)25(32)16-23;1-2-3-15-4-9-24(35-14-15)17-7-5-16(6-8-17)18-10-20(28)25(21(29)11-18)27(33,34)36-19-12-22(30)26(32)23(31)13-19;1-2-14-3-8-23(34-13-14)16-6-4-15(5-7-16)17-9-19(27)24(20(28)10-17)26(32,33)35-18-11-21(29)25(31)22(30)12-18;;;;;;;;;/h18-29H,3-17H2,1-2H3;15-26H,2-14H2,1H3;14-25H,2-13H2,1H3;9*1H2. The van der Waals surface area contributed by atoms with Crippen molar-refractivity contribution >= 4 is 0 Å². The Labute approximate surface area is 684 Å². The van der Waals surface area contributed by atoms with E-state index in [4.69, 9.17) is 18.9 Å². The summed E-state index contributed by atoms with van der Waals surface area (Å²) in [5.74, 6) is -5.11. The quantitative estimate of drug-likeness (QED) is 0.0748. The third kappa shape index (κ3) is 29.8. The summed E-state index contributed by atoms with van der Waals surface area (Å²) >= 11 is 0. The van der Waals surface area contributed by atoms with Gasteiger partial charge in [0, 0.05) is 64.3 Å². The summed E-state index contributed by atoms with van der Waals surface area (Å²) in [6.07, 6.45) is -25.1. The Hall–Kier alpha value is -2.00. The van der Waals surface area contributed by atoms with Crippen LogP contribution in [0.25, 0.3) is 0 Å². The maximum Gasteiger partial charge on any atom is 0.364 e. The van der Waals surface area contributed by atoms with Crippen LogP contribution in [0, 0.1) is 94.7 Å². The van der Waals surface area contributed by atoms with Gasteiger partial charge in [0.05, 0.1) is 36.6 Å². The number of ether oxygens (including phenoxy) is 6. The molecule has 0 spiro atoms. The molecule has 0 aromatic rings. The molecule has 9 aliphatic carbocycles. The van der Waals surface area contributed by atoms with Crippen molar-refractivity contribution in [3.8, 4) is 0 Å². The van der Waals surface area contributed by atoms with E-state index >= 15 is 17.6 Å². The Bertz CT molecular complexity index is 2560. The van der Waals surface area contributed by atoms with E-state index in [1.165, 1.54) is 58.3 Å². The van der Waals surface area contributed by atoms with Gasteiger partial charge >= 0.3 is 18.3 Å². The monoisotopic (exact) mass is 1760 g/mol. The van der Waals surface area contributed by atoms with E-state index in [0.717, 1.165) is 129 Å². The molecule has 118 heavy (non-hydrogen) atoms. The second-order valence-electron chi connectivity index (χ2n) is 36.2. The molecule has 0 amide bonds. The number of halogens is 20. The number of hydrogen-bond donors (Lipinski definition) is 0. The van der Waals surface area contributed by atoms with Gasteiger partial charge in [0.15, 0.2) is 12.3 Å². The van der Waals surface area contributed by atoms with E-state index in [2.05, 4.69) is 30.2 Å². The molecule has 15 nitrogen and oxygen atoms in total. The highest BCUT2D eigenvalue weighted by Crippen LogP contribution is 2.55. The summed E-state index contributed by atoms with van der Waals surface area (Å²) in [7, 11) is 0. The summed E-state index contributed by atoms with van der Waals surface area (Å²) in [5, 5.41) is 0. The third-order valence-electron chi connectivity index (χ3n) is 28.8. The highest BCUT2D eigenvalue weighted by molar-refractivity contribution is 5.01. The van der Waals surface area contributed by atoms with Crippen molar-refractivity contribution in [1.82, 2.24) is 0 Å². The maximum absolute atomic E-state index is 15.1. The Morgan fingerprint density at radius 1 is 0.263 bits per heavy atom. The van der Waals surface area contributed by atoms with Crippen LogP contribution in [0.4, 0.5) is 87.8 Å². The van der Waals surface area contributed by atoms with Crippen molar-refractivity contribution < 1.29 is 166 Å². The number of alkyl halides is 20. The zero-order chi connectivity index (χ0) is 78.8. The fraction of sp³-hybridized carbons (Fsp3) is 1.00. The lowest BCUT2D eigenvalue weighted by Crippen LogP contribution is -2.52. The lowest BCUT2D eigenvalue weighted by atomic mass is 9.67. The first-order chi connectivity index (χ1) is 51.8. The summed E-state index contributed by atoms with van der Waals surface area (Å²) < 4.78 is 321. The van der Waals surface area contributed by atoms with Gasteiger partial charge < -0.3 is 77.7 Å². The van der Waals surface area contributed by atoms with Crippen LogP contribution in [0.15, 0.2) is 0 Å². The van der Waals surface area contributed by atoms with Crippen molar-refractivity contribution in [3.05, 3.63) is 0 Å². The molecular weight excluding hydrogens is 1620 g/mol. The summed E-state index contributed by atoms with van der Waals surface area (Å²) in [6.45, 7) is 10.4. The van der Waals surface area contributed by atoms with Crippen molar-refractivity contribution in [2.45, 2.75) is 407 Å². The minimum absolute atomic E-state index is 0. The lowest BCUT2D eigenvalue weighted by Gasteiger charge is -2.44. The van der Waals surface area contributed by atoms with Gasteiger partial charge in [-0.1, -0.05) is 59.8 Å². The van der Waals surface area contributed by atoms with Crippen LogP contribution in [0.2, 0.25) is 0 Å². The van der Waals surface area contributed by atoms with E-state index in [1.54, 1.807) is 0 Å². The van der Waals surface area contributed by atoms with Gasteiger partial charge in [0.2, 0.25) is 0 Å². The molecule has 12 rings (SSSR count). The van der Waals surface area contributed by atoms with Crippen molar-refractivity contribution in [2.75, 3.05) is 19.8 Å². The molecule has 18 atom stereocenters. The minimum Gasteiger partial charge on any atom is -0.412 e. The molecule has 35 heteroatoms. The van der Waals surface area contributed by atoms with Crippen LogP contribution in [0.5, 0.6) is 0 Å². The van der Waals surface area contributed by atoms with E-state index < -0.39 is 172 Å². The predicted molar refractivity (Wildman–Crippen MR) is 409 cm³/mol. The highest BCUT2D eigenvalue weighted by atomic mass is 19.3. The Balaban J connectivity index is 0.000000853. The molecule has 12 fully saturated rings. The van der Waals surface area contributed by atoms with E-state index in [1.807, 2.05) is 0 Å². The average molecular weight is 1760 g/mol. The number of unbranched alkanes of at least 4 members (excludes halogenated alkanes) is 2. The molecule has 3 aliphatic heterocycles. The van der Waals surface area contributed by atoms with Crippen LogP contribution in [0.3, 0.4) is 0 Å². The molecule has 0 aromatic heterocycles. The van der Waals surface area contributed by atoms with Crippen LogP contribution in [-0.2, 0) is 28.4 Å². The van der Waals surface area contributed by atoms with Gasteiger partial charge in [-0.25, -0.2) is 61.5 Å². The number of hydrogen-bond acceptors (Lipinski definition) is 6. The summed E-state index contributed by atoms with van der Waals surface area (Å²) in [6, 6.07) is 0. The zero-order valence-electron chi connectivity index (χ0n) is 69.1. The SMILES string of the molecule is CCC1CCC(C2CCC(C3CC(F)C(C(F)(F)OC4CC(F)C(F)C(F)C4)C(F)C3)CC2)OC1.CCCC1CCC(C2CCC(C3CC(F)C(C(F)(F)OC4CC(F)C(F)C(F)C4)C(F)C3)CC2)OC1.CCCCCC1CCC(C2CCC(C3CC(F)C(C(F)(F)OC4CC(F)C(C)C(F)C4)C(F)C3)CC2)OC1.O.O.O.O.O.O.O.O.O. The highest BCUT2D eigenvalue weighted by Gasteiger charge is 2.61. The molecule has 12 aliphatic rings. The van der Waals surface area contributed by atoms with Crippen LogP contribution < -0.4 is 0 Å². The maximum atomic E-state index is 15.1. The fourth-order valence-electron chi connectivity index (χ4n) is 22.0. The largest absolute Gasteiger partial charge is 0.412 e. The van der Waals surface area contributed by atoms with E-state index in [-0.39, 0.29) is 154 Å². The first-order valence-corrected chi connectivity index (χ1v) is 42.7. The first kappa shape index (κ1) is 114. The zero-order valence-corrected chi connectivity index (χ0v) is 69.1. The molecular formula is C83H146F20O15. The van der Waals surface area contributed by atoms with Gasteiger partial charge in [-0.15, -0.1) is 0 Å². The van der Waals surface area contributed by atoms with Gasteiger partial charge in [-0.05, 0) is 238 Å². The molecule has 18 N–H and O–H groups in total. The van der Waals surface area contributed by atoms with Crippen LogP contribution in [-0.4, -0.2) is 210 Å². The minimum atomic E-state index is -4.22. The fourth-order valence-corrected chi connectivity index (χ4v) is 22.0. The third-order valence-corrected chi connectivity index (χ3v) is 28.8. The lowest BCUT2D eigenvalue weighted by molar-refractivity contribution is -0.324. The topological polar surface area (TPSA) is 339 Å². The van der Waals surface area contributed by atoms with Crippen molar-refractivity contribution in [2.24, 2.45) is 94.7 Å². The van der Waals surface area contributed by atoms with Gasteiger partial charge in [-0.3, -0.25) is 0 Å². The second-order valence-corrected chi connectivity index (χ2v) is 36.2. The van der Waals surface area contributed by atoms with Gasteiger partial charge in [0.25, 0.3) is 0 Å². The Kier molecular flexibility index (Phi) is 50.0. The van der Waals surface area contributed by atoms with Gasteiger partial charge in [0.1, 0.15) is 91.8 Å². The van der Waals surface area contributed by atoms with Gasteiger partial charge in [-0.2, -0.15) is 26.3 Å². The molecule has 3 saturated heterocycles. The molecule has 0 aromatic carbocycles. The first-order valence-electron chi connectivity index (χ1n) is 42.7. The summed E-state index contributed by atoms with van der Waals surface area (Å²) in [4.78, 5) is 0. The molecule has 0 radical (unpaired) electrons.